The summed E-state index contributed by atoms with van der Waals surface area (Å²) >= 11 is 1.50. The Balaban J connectivity index is 2.05. The predicted octanol–water partition coefficient (Wildman–Crippen LogP) is 0.719. The maximum absolute atomic E-state index is 5.79. The molecular weight excluding hydrogens is 196 g/mol. The maximum atomic E-state index is 5.79. The number of hydrazone groups is 1. The Morgan fingerprint density at radius 2 is 2.14 bits per heavy atom. The summed E-state index contributed by atoms with van der Waals surface area (Å²) in [5.74, 6) is 0. The van der Waals surface area contributed by atoms with Crippen molar-refractivity contribution in [2.75, 3.05) is 0 Å². The van der Waals surface area contributed by atoms with Crippen LogP contribution in [0.4, 0.5) is 0 Å². The van der Waals surface area contributed by atoms with Gasteiger partial charge in [-0.25, -0.2) is 5.01 Å². The highest BCUT2D eigenvalue weighted by Crippen LogP contribution is 2.26. The van der Waals surface area contributed by atoms with Gasteiger partial charge < -0.3 is 0 Å². The van der Waals surface area contributed by atoms with Gasteiger partial charge in [-0.2, -0.15) is 9.67 Å². The summed E-state index contributed by atoms with van der Waals surface area (Å²) in [5.41, 5.74) is 6.53. The van der Waals surface area contributed by atoms with E-state index in [2.05, 4.69) is 5.10 Å². The van der Waals surface area contributed by atoms with E-state index in [-0.39, 0.29) is 0 Å². The minimum Gasteiger partial charge on any atom is -0.294 e. The predicted molar refractivity (Wildman–Crippen MR) is 56.6 cm³/mol. The molecule has 1 aliphatic heterocycles. The van der Waals surface area contributed by atoms with Gasteiger partial charge in [0.05, 0.1) is 5.04 Å². The number of pyridine rings is 1. The van der Waals surface area contributed by atoms with Crippen molar-refractivity contribution in [3.8, 4) is 0 Å². The number of nitrogens with two attached hydrogens (primary N) is 1. The summed E-state index contributed by atoms with van der Waals surface area (Å²) in [6.45, 7) is 2.62. The van der Waals surface area contributed by atoms with Crippen LogP contribution in [0.3, 0.4) is 0 Å². The number of hydrogen-bond donors (Lipinski definition) is 1. The fourth-order valence-electron chi connectivity index (χ4n) is 1.23. The zero-order chi connectivity index (χ0) is 9.97. The molecule has 2 rings (SSSR count). The van der Waals surface area contributed by atoms with Gasteiger partial charge in [0.2, 0.25) is 12.2 Å². The first kappa shape index (κ1) is 9.48. The SMILES string of the molecule is CC1=NN(C[n+]2ccccc2)[C](N)S1. The van der Waals surface area contributed by atoms with Crippen molar-refractivity contribution in [2.45, 2.75) is 13.6 Å². The zero-order valence-electron chi connectivity index (χ0n) is 7.92. The molecule has 0 saturated carbocycles. The molecule has 1 aromatic heterocycles. The molecule has 73 valence electrons. The number of rotatable bonds is 2. The van der Waals surface area contributed by atoms with Crippen molar-refractivity contribution in [2.24, 2.45) is 10.8 Å². The van der Waals surface area contributed by atoms with Crippen LogP contribution < -0.4 is 10.3 Å². The molecule has 4 nitrogen and oxygen atoms in total. The second kappa shape index (κ2) is 3.98. The van der Waals surface area contributed by atoms with Crippen LogP contribution >= 0.6 is 11.8 Å². The van der Waals surface area contributed by atoms with Gasteiger partial charge in [0.1, 0.15) is 0 Å². The first-order chi connectivity index (χ1) is 6.75. The minimum atomic E-state index is 0.664. The van der Waals surface area contributed by atoms with Crippen molar-refractivity contribution in [1.82, 2.24) is 5.01 Å². The molecule has 1 aliphatic rings. The van der Waals surface area contributed by atoms with E-state index in [1.807, 2.05) is 42.1 Å². The topological polar surface area (TPSA) is 45.5 Å². The Kier molecular flexibility index (Phi) is 2.69. The number of thioether (sulfide) groups is 1. The summed E-state index contributed by atoms with van der Waals surface area (Å²) in [4.78, 5) is 0. The largest absolute Gasteiger partial charge is 0.294 e. The second-order valence-corrected chi connectivity index (χ2v) is 4.20. The molecule has 0 aliphatic carbocycles. The van der Waals surface area contributed by atoms with Crippen LogP contribution in [-0.4, -0.2) is 10.1 Å². The Labute approximate surface area is 87.4 Å². The average molecular weight is 208 g/mol. The van der Waals surface area contributed by atoms with Crippen LogP contribution in [0.5, 0.6) is 0 Å². The van der Waals surface area contributed by atoms with Crippen molar-refractivity contribution in [3.63, 3.8) is 0 Å². The summed E-state index contributed by atoms with van der Waals surface area (Å²) in [6.07, 6.45) is 3.97. The van der Waals surface area contributed by atoms with E-state index < -0.39 is 0 Å². The van der Waals surface area contributed by atoms with Crippen molar-refractivity contribution < 1.29 is 4.57 Å². The van der Waals surface area contributed by atoms with Crippen molar-refractivity contribution in [1.29, 1.82) is 0 Å². The molecule has 5 heteroatoms. The molecule has 0 amide bonds. The van der Waals surface area contributed by atoms with Crippen molar-refractivity contribution in [3.05, 3.63) is 36.1 Å². The monoisotopic (exact) mass is 208 g/mol. The number of aromatic nitrogens is 1. The Bertz CT molecular complexity index is 338. The lowest BCUT2D eigenvalue weighted by Crippen LogP contribution is -2.42. The first-order valence-electron chi connectivity index (χ1n) is 4.33. The molecule has 0 unspecified atom stereocenters. The van der Waals surface area contributed by atoms with Gasteiger partial charge in [-0.15, -0.1) is 0 Å². The smallest absolute Gasteiger partial charge is 0.241 e. The van der Waals surface area contributed by atoms with Gasteiger partial charge >= 0.3 is 0 Å². The molecule has 0 bridgehead atoms. The van der Waals surface area contributed by atoms with Crippen LogP contribution in [0.25, 0.3) is 0 Å². The molecule has 0 fully saturated rings. The zero-order valence-corrected chi connectivity index (χ0v) is 8.74. The molecule has 2 N–H and O–H groups in total. The fraction of sp³-hybridized carbons (Fsp3) is 0.222. The highest BCUT2D eigenvalue weighted by molar-refractivity contribution is 8.16. The first-order valence-corrected chi connectivity index (χ1v) is 5.14. The molecule has 1 aromatic rings. The molecular formula is C9H12N4S+. The van der Waals surface area contributed by atoms with E-state index in [9.17, 15) is 0 Å². The van der Waals surface area contributed by atoms with Crippen LogP contribution in [0, 0.1) is 5.50 Å². The highest BCUT2D eigenvalue weighted by atomic mass is 32.2. The third-order valence-electron chi connectivity index (χ3n) is 1.84. The Hall–Kier alpha value is -1.07. The molecule has 14 heavy (non-hydrogen) atoms. The lowest BCUT2D eigenvalue weighted by molar-refractivity contribution is -0.714. The molecule has 0 saturated heterocycles. The van der Waals surface area contributed by atoms with E-state index in [0.717, 1.165) is 10.5 Å². The van der Waals surface area contributed by atoms with Crippen LogP contribution in [0.15, 0.2) is 35.7 Å². The van der Waals surface area contributed by atoms with Gasteiger partial charge in [0.15, 0.2) is 12.4 Å². The molecule has 1 radical (unpaired) electrons. The van der Waals surface area contributed by atoms with Gasteiger partial charge in [0, 0.05) is 12.1 Å². The van der Waals surface area contributed by atoms with Gasteiger partial charge in [-0.1, -0.05) is 17.8 Å². The summed E-state index contributed by atoms with van der Waals surface area (Å²) in [7, 11) is 0. The maximum Gasteiger partial charge on any atom is 0.241 e. The number of hydrogen-bond acceptors (Lipinski definition) is 4. The van der Waals surface area contributed by atoms with E-state index in [1.165, 1.54) is 11.8 Å². The number of nitrogens with zero attached hydrogens (tertiary/aromatic N) is 3. The summed E-state index contributed by atoms with van der Waals surface area (Å²) in [5, 5.41) is 7.07. The average Bonchev–Trinajstić information content (AvgIpc) is 2.47. The minimum absolute atomic E-state index is 0.664. The van der Waals surface area contributed by atoms with Gasteiger partial charge in [0.25, 0.3) is 0 Å². The third kappa shape index (κ3) is 2.05. The van der Waals surface area contributed by atoms with Gasteiger partial charge in [-0.3, -0.25) is 5.73 Å². The fourth-order valence-corrected chi connectivity index (χ4v) is 1.87. The standard InChI is InChI=1S/C9H12N4S/c1-8-11-13(9(10)14-8)7-12-5-3-2-4-6-12/h2-6H,7,10H2,1H3/q+1. The van der Waals surface area contributed by atoms with E-state index in [4.69, 9.17) is 5.73 Å². The molecule has 0 atom stereocenters. The summed E-state index contributed by atoms with van der Waals surface area (Å²) in [6, 6.07) is 5.95. The third-order valence-corrected chi connectivity index (χ3v) is 2.64. The lowest BCUT2D eigenvalue weighted by Gasteiger charge is -2.12. The normalized spacial score (nSPS) is 17.3. The summed E-state index contributed by atoms with van der Waals surface area (Å²) < 4.78 is 2.02. The van der Waals surface area contributed by atoms with Crippen LogP contribution in [0.2, 0.25) is 0 Å². The Morgan fingerprint density at radius 3 is 2.71 bits per heavy atom. The Morgan fingerprint density at radius 1 is 1.43 bits per heavy atom. The van der Waals surface area contributed by atoms with E-state index in [0.29, 0.717) is 6.67 Å². The van der Waals surface area contributed by atoms with Gasteiger partial charge in [-0.05, 0) is 6.92 Å². The van der Waals surface area contributed by atoms with E-state index >= 15 is 0 Å². The lowest BCUT2D eigenvalue weighted by atomic mass is 10.5. The molecule has 0 aromatic carbocycles. The second-order valence-electron chi connectivity index (χ2n) is 2.99. The van der Waals surface area contributed by atoms with Crippen molar-refractivity contribution >= 4 is 16.8 Å². The van der Waals surface area contributed by atoms with E-state index in [1.54, 1.807) is 5.01 Å². The quantitative estimate of drug-likeness (QED) is 0.728. The highest BCUT2D eigenvalue weighted by Gasteiger charge is 2.25. The van der Waals surface area contributed by atoms with Crippen LogP contribution in [-0.2, 0) is 6.67 Å². The van der Waals surface area contributed by atoms with Crippen LogP contribution in [0.1, 0.15) is 6.92 Å². The molecule has 0 spiro atoms. The molecule has 2 heterocycles.